The summed E-state index contributed by atoms with van der Waals surface area (Å²) in [6.45, 7) is 0. The third-order valence-corrected chi connectivity index (χ3v) is 2.40. The maximum atomic E-state index is 12.2. The van der Waals surface area contributed by atoms with E-state index in [1.807, 2.05) is 42.5 Å². The van der Waals surface area contributed by atoms with Crippen LogP contribution in [0.3, 0.4) is 0 Å². The van der Waals surface area contributed by atoms with Gasteiger partial charge in [0.15, 0.2) is 0 Å². The summed E-state index contributed by atoms with van der Waals surface area (Å²) in [5, 5.41) is 0. The predicted molar refractivity (Wildman–Crippen MR) is 62.8 cm³/mol. The van der Waals surface area contributed by atoms with E-state index in [0.29, 0.717) is 6.42 Å². The average molecular weight is 230 g/mol. The lowest BCUT2D eigenvalue weighted by Gasteiger charge is -2.07. The Hall–Kier alpha value is -2.16. The van der Waals surface area contributed by atoms with Crippen molar-refractivity contribution >= 4 is 6.22 Å². The predicted octanol–water partition coefficient (Wildman–Crippen LogP) is 3.75. The lowest BCUT2D eigenvalue weighted by molar-refractivity contribution is 0.175. The van der Waals surface area contributed by atoms with E-state index in [0.717, 1.165) is 11.1 Å². The summed E-state index contributed by atoms with van der Waals surface area (Å²) in [4.78, 5) is 10.3. The number of ether oxygens (including phenoxy) is 1. The quantitative estimate of drug-likeness (QED) is 0.751. The lowest BCUT2D eigenvalue weighted by atomic mass is 10.0. The van der Waals surface area contributed by atoms with E-state index in [9.17, 15) is 9.18 Å². The molecule has 0 aliphatic carbocycles. The fourth-order valence-corrected chi connectivity index (χ4v) is 1.65. The van der Waals surface area contributed by atoms with E-state index in [1.165, 1.54) is 0 Å². The normalized spacial score (nSPS) is 9.94. The van der Waals surface area contributed by atoms with Gasteiger partial charge in [-0.1, -0.05) is 48.5 Å². The zero-order chi connectivity index (χ0) is 12.1. The number of para-hydroxylation sites is 1. The topological polar surface area (TPSA) is 26.3 Å². The van der Waals surface area contributed by atoms with Crippen molar-refractivity contribution in [2.24, 2.45) is 0 Å². The van der Waals surface area contributed by atoms with E-state index in [1.54, 1.807) is 12.1 Å². The fraction of sp³-hybridized carbons (Fsp3) is 0.0714. The molecule has 0 amide bonds. The highest BCUT2D eigenvalue weighted by Crippen LogP contribution is 2.21. The molecule has 2 aromatic carbocycles. The third-order valence-electron chi connectivity index (χ3n) is 2.40. The molecule has 2 aromatic rings. The van der Waals surface area contributed by atoms with Crippen LogP contribution in [0.25, 0.3) is 0 Å². The van der Waals surface area contributed by atoms with Crippen LogP contribution in [-0.4, -0.2) is 6.22 Å². The molecule has 0 saturated heterocycles. The van der Waals surface area contributed by atoms with Crippen LogP contribution in [0.1, 0.15) is 11.1 Å². The van der Waals surface area contributed by atoms with Gasteiger partial charge in [-0.15, -0.1) is 4.39 Å². The number of carbonyl (C=O) groups is 1. The Labute approximate surface area is 98.7 Å². The minimum absolute atomic E-state index is 0.267. The highest BCUT2D eigenvalue weighted by Gasteiger charge is 2.07. The molecule has 0 unspecified atom stereocenters. The van der Waals surface area contributed by atoms with Crippen molar-refractivity contribution in [3.63, 3.8) is 0 Å². The molecule has 0 radical (unpaired) electrons. The number of carbonyl (C=O) groups excluding carboxylic acids is 1. The van der Waals surface area contributed by atoms with Crippen molar-refractivity contribution in [2.75, 3.05) is 0 Å². The Balaban J connectivity index is 2.23. The minimum atomic E-state index is -1.79. The number of rotatable bonds is 3. The van der Waals surface area contributed by atoms with Gasteiger partial charge in [-0.2, -0.15) is 0 Å². The molecule has 0 saturated carbocycles. The monoisotopic (exact) mass is 230 g/mol. The van der Waals surface area contributed by atoms with E-state index in [2.05, 4.69) is 4.74 Å². The van der Waals surface area contributed by atoms with Gasteiger partial charge in [-0.05, 0) is 17.2 Å². The van der Waals surface area contributed by atoms with Gasteiger partial charge in [-0.3, -0.25) is 0 Å². The molecule has 86 valence electrons. The van der Waals surface area contributed by atoms with Crippen molar-refractivity contribution in [1.29, 1.82) is 0 Å². The van der Waals surface area contributed by atoms with Gasteiger partial charge in [0.1, 0.15) is 5.75 Å². The molecule has 2 nitrogen and oxygen atoms in total. The second kappa shape index (κ2) is 5.25. The molecular formula is C14H11FO2. The van der Waals surface area contributed by atoms with Crippen molar-refractivity contribution in [1.82, 2.24) is 0 Å². The zero-order valence-electron chi connectivity index (χ0n) is 9.10. The van der Waals surface area contributed by atoms with Gasteiger partial charge in [0.25, 0.3) is 0 Å². The van der Waals surface area contributed by atoms with Crippen LogP contribution in [-0.2, 0) is 6.42 Å². The molecule has 2 rings (SSSR count). The Morgan fingerprint density at radius 3 is 2.35 bits per heavy atom. The first kappa shape index (κ1) is 11.3. The van der Waals surface area contributed by atoms with E-state index in [4.69, 9.17) is 0 Å². The van der Waals surface area contributed by atoms with Crippen LogP contribution in [0.5, 0.6) is 5.75 Å². The second-order valence-corrected chi connectivity index (χ2v) is 3.61. The van der Waals surface area contributed by atoms with E-state index in [-0.39, 0.29) is 5.75 Å². The Bertz CT molecular complexity index is 509. The highest BCUT2D eigenvalue weighted by molar-refractivity contribution is 5.63. The lowest BCUT2D eigenvalue weighted by Crippen LogP contribution is -2.01. The van der Waals surface area contributed by atoms with Crippen LogP contribution in [0, 0.1) is 0 Å². The van der Waals surface area contributed by atoms with Crippen molar-refractivity contribution in [3.05, 3.63) is 65.7 Å². The molecule has 0 aromatic heterocycles. The molecular weight excluding hydrogens is 219 g/mol. The summed E-state index contributed by atoms with van der Waals surface area (Å²) >= 11 is 0. The summed E-state index contributed by atoms with van der Waals surface area (Å²) in [6.07, 6.45) is -1.19. The SMILES string of the molecule is O=C(F)Oc1ccccc1Cc1ccccc1. The molecule has 0 heterocycles. The highest BCUT2D eigenvalue weighted by atomic mass is 19.1. The van der Waals surface area contributed by atoms with E-state index < -0.39 is 6.22 Å². The molecule has 0 fully saturated rings. The first-order valence-corrected chi connectivity index (χ1v) is 5.25. The van der Waals surface area contributed by atoms with Crippen molar-refractivity contribution < 1.29 is 13.9 Å². The number of halogens is 1. The van der Waals surface area contributed by atoms with Gasteiger partial charge in [0.05, 0.1) is 0 Å². The standard InChI is InChI=1S/C14H11FO2/c15-14(16)17-13-9-5-4-8-12(13)10-11-6-2-1-3-7-11/h1-9H,10H2. The largest absolute Gasteiger partial charge is 0.500 e. The number of benzene rings is 2. The average Bonchev–Trinajstić information content (AvgIpc) is 2.32. The molecule has 17 heavy (non-hydrogen) atoms. The smallest absolute Gasteiger partial charge is 0.401 e. The number of hydrogen-bond acceptors (Lipinski definition) is 2. The molecule has 0 aliphatic rings. The zero-order valence-corrected chi connectivity index (χ0v) is 9.10. The summed E-state index contributed by atoms with van der Waals surface area (Å²) in [5.41, 5.74) is 1.86. The third kappa shape index (κ3) is 3.14. The maximum Gasteiger partial charge on any atom is 0.500 e. The van der Waals surface area contributed by atoms with Gasteiger partial charge in [0.2, 0.25) is 0 Å². The fourth-order valence-electron chi connectivity index (χ4n) is 1.65. The van der Waals surface area contributed by atoms with Crippen LogP contribution in [0.15, 0.2) is 54.6 Å². The molecule has 0 atom stereocenters. The van der Waals surface area contributed by atoms with Crippen LogP contribution in [0.2, 0.25) is 0 Å². The summed E-state index contributed by atoms with van der Waals surface area (Å²) in [5.74, 6) is 0.267. The number of hydrogen-bond donors (Lipinski definition) is 0. The Morgan fingerprint density at radius 1 is 1.00 bits per heavy atom. The van der Waals surface area contributed by atoms with Gasteiger partial charge in [0, 0.05) is 6.42 Å². The Morgan fingerprint density at radius 2 is 1.65 bits per heavy atom. The van der Waals surface area contributed by atoms with Crippen LogP contribution < -0.4 is 4.74 Å². The Kier molecular flexibility index (Phi) is 3.50. The second-order valence-electron chi connectivity index (χ2n) is 3.61. The van der Waals surface area contributed by atoms with Gasteiger partial charge >= 0.3 is 6.22 Å². The minimum Gasteiger partial charge on any atom is -0.401 e. The summed E-state index contributed by atoms with van der Waals surface area (Å²) in [7, 11) is 0. The van der Waals surface area contributed by atoms with Gasteiger partial charge in [-0.25, -0.2) is 4.79 Å². The van der Waals surface area contributed by atoms with Crippen LogP contribution >= 0.6 is 0 Å². The van der Waals surface area contributed by atoms with E-state index >= 15 is 0 Å². The maximum absolute atomic E-state index is 12.2. The molecule has 0 N–H and O–H groups in total. The van der Waals surface area contributed by atoms with Crippen molar-refractivity contribution in [3.8, 4) is 5.75 Å². The van der Waals surface area contributed by atoms with Crippen molar-refractivity contribution in [2.45, 2.75) is 6.42 Å². The molecule has 0 aliphatic heterocycles. The van der Waals surface area contributed by atoms with Gasteiger partial charge < -0.3 is 4.74 Å². The summed E-state index contributed by atoms with van der Waals surface area (Å²) in [6, 6.07) is 16.6. The molecule has 0 spiro atoms. The summed E-state index contributed by atoms with van der Waals surface area (Å²) < 4.78 is 16.8. The molecule has 3 heteroatoms. The first-order valence-electron chi connectivity index (χ1n) is 5.25. The molecule has 0 bridgehead atoms. The van der Waals surface area contributed by atoms with Crippen LogP contribution in [0.4, 0.5) is 9.18 Å². The first-order chi connectivity index (χ1) is 8.25.